The summed E-state index contributed by atoms with van der Waals surface area (Å²) in [6, 6.07) is 10.2. The molecule has 0 unspecified atom stereocenters. The molecular weight excluding hydrogens is 434 g/mol. The predicted molar refractivity (Wildman–Crippen MR) is 110 cm³/mol. The molecule has 0 aromatic heterocycles. The van der Waals surface area contributed by atoms with Crippen LogP contribution < -0.4 is 10.1 Å². The minimum Gasteiger partial charge on any atom is -0.733 e. The zero-order chi connectivity index (χ0) is 21.5. The zero-order valence-corrected chi connectivity index (χ0v) is 17.3. The van der Waals surface area contributed by atoms with Gasteiger partial charge < -0.3 is 15.2 Å². The monoisotopic (exact) mass is 452 g/mol. The number of piperidine rings is 1. The Morgan fingerprint density at radius 1 is 1.17 bits per heavy atom. The second-order valence-corrected chi connectivity index (χ2v) is 9.48. The fourth-order valence-corrected chi connectivity index (χ4v) is 5.52. The Morgan fingerprint density at radius 2 is 1.90 bits per heavy atom. The Kier molecular flexibility index (Phi) is 5.60. The minimum absolute atomic E-state index is 0.0780. The van der Waals surface area contributed by atoms with Crippen molar-refractivity contribution in [3.05, 3.63) is 58.3 Å². The first-order chi connectivity index (χ1) is 14.3. The Labute approximate surface area is 178 Å². The number of cyclic esters (lactones) is 1. The topological polar surface area (TPSA) is 113 Å². The van der Waals surface area contributed by atoms with Crippen molar-refractivity contribution in [3.8, 4) is 0 Å². The van der Waals surface area contributed by atoms with Gasteiger partial charge in [0.15, 0.2) is 0 Å². The molecule has 11 heteroatoms. The third-order valence-corrected chi connectivity index (χ3v) is 7.44. The third kappa shape index (κ3) is 3.84. The number of carbonyl (C=O) groups is 1. The van der Waals surface area contributed by atoms with Crippen molar-refractivity contribution in [2.24, 2.45) is 0 Å². The molecule has 30 heavy (non-hydrogen) atoms. The van der Waals surface area contributed by atoms with Crippen molar-refractivity contribution in [2.45, 2.75) is 30.4 Å². The summed E-state index contributed by atoms with van der Waals surface area (Å²) in [6.07, 6.45) is 0.380. The number of fused-ring (bicyclic) bond motifs is 1. The molecule has 1 amide bonds. The lowest BCUT2D eigenvalue weighted by Gasteiger charge is -2.39. The minimum atomic E-state index is -3.85. The number of ether oxygens (including phenoxy) is 1. The Hall–Kier alpha value is -2.37. The molecule has 1 fully saturated rings. The second-order valence-electron chi connectivity index (χ2n) is 7.10. The molecule has 2 aromatic rings. The molecule has 4 rings (SSSR count). The van der Waals surface area contributed by atoms with E-state index in [1.54, 1.807) is 23.1 Å². The van der Waals surface area contributed by atoms with Crippen molar-refractivity contribution < 1.29 is 23.2 Å². The van der Waals surface area contributed by atoms with Gasteiger partial charge in [0, 0.05) is 29.7 Å². The highest BCUT2D eigenvalue weighted by Gasteiger charge is 2.37. The van der Waals surface area contributed by atoms with Gasteiger partial charge in [0.2, 0.25) is 10.0 Å². The predicted octanol–water partition coefficient (Wildman–Crippen LogP) is 3.34. The maximum absolute atomic E-state index is 12.9. The molecule has 9 nitrogen and oxygen atoms in total. The molecule has 0 radical (unpaired) electrons. The van der Waals surface area contributed by atoms with Crippen LogP contribution >= 0.6 is 11.6 Å². The molecule has 0 spiro atoms. The number of carbonyl (C=O) groups excluding carboxylic acids is 1. The number of benzene rings is 2. The average molecular weight is 453 g/mol. The zero-order valence-electron chi connectivity index (χ0n) is 15.8. The van der Waals surface area contributed by atoms with Gasteiger partial charge in [-0.1, -0.05) is 17.7 Å². The summed E-state index contributed by atoms with van der Waals surface area (Å²) in [7, 11) is -3.85. The number of amides is 1. The Morgan fingerprint density at radius 3 is 2.60 bits per heavy atom. The van der Waals surface area contributed by atoms with Crippen LogP contribution in [0.2, 0.25) is 5.02 Å². The lowest BCUT2D eigenvalue weighted by molar-refractivity contribution is 0.136. The second kappa shape index (κ2) is 8.05. The van der Waals surface area contributed by atoms with Crippen LogP contribution in [0.4, 0.5) is 16.2 Å². The molecule has 0 aliphatic carbocycles. The molecular formula is C19H19ClN3O6S-. The Balaban J connectivity index is 1.52. The van der Waals surface area contributed by atoms with E-state index in [2.05, 4.69) is 0 Å². The summed E-state index contributed by atoms with van der Waals surface area (Å²) in [5.41, 5.74) is 1.36. The highest BCUT2D eigenvalue weighted by atomic mass is 35.5. The van der Waals surface area contributed by atoms with Crippen LogP contribution in [-0.4, -0.2) is 43.2 Å². The van der Waals surface area contributed by atoms with Crippen LogP contribution in [-0.2, 0) is 21.4 Å². The van der Waals surface area contributed by atoms with E-state index >= 15 is 0 Å². The van der Waals surface area contributed by atoms with Gasteiger partial charge in [0.25, 0.3) is 0 Å². The van der Waals surface area contributed by atoms with Crippen LogP contribution in [0.3, 0.4) is 0 Å². The first-order valence-corrected chi connectivity index (χ1v) is 11.1. The molecule has 0 bridgehead atoms. The van der Waals surface area contributed by atoms with E-state index in [-0.39, 0.29) is 41.5 Å². The summed E-state index contributed by atoms with van der Waals surface area (Å²) in [6.45, 7) is 0.546. The van der Waals surface area contributed by atoms with Gasteiger partial charge in [-0.25, -0.2) is 13.2 Å². The number of hydrogen-bond donors (Lipinski definition) is 1. The average Bonchev–Trinajstić information content (AvgIpc) is 2.74. The lowest BCUT2D eigenvalue weighted by atomic mass is 10.0. The van der Waals surface area contributed by atoms with Crippen LogP contribution in [0.25, 0.3) is 0 Å². The van der Waals surface area contributed by atoms with E-state index in [1.807, 2.05) is 0 Å². The molecule has 2 heterocycles. The molecule has 2 aliphatic heterocycles. The lowest BCUT2D eigenvalue weighted by Crippen LogP contribution is -2.50. The molecule has 1 N–H and O–H groups in total. The van der Waals surface area contributed by atoms with E-state index in [4.69, 9.17) is 21.5 Å². The van der Waals surface area contributed by atoms with E-state index < -0.39 is 16.1 Å². The summed E-state index contributed by atoms with van der Waals surface area (Å²) < 4.78 is 32.5. The number of anilines is 2. The van der Waals surface area contributed by atoms with Crippen molar-refractivity contribution in [1.82, 2.24) is 4.31 Å². The molecule has 0 saturated carbocycles. The van der Waals surface area contributed by atoms with Gasteiger partial charge in [-0.3, -0.25) is 10.1 Å². The van der Waals surface area contributed by atoms with Crippen molar-refractivity contribution in [3.63, 3.8) is 0 Å². The SMILES string of the molecule is O=C1OCc2cc(Cl)ccc2N1C1CCN(S(=O)(=O)c2cccc(N([O-])O)c2)CC1. The van der Waals surface area contributed by atoms with Crippen molar-refractivity contribution in [2.75, 3.05) is 23.2 Å². The number of hydrogen-bond acceptors (Lipinski definition) is 7. The molecule has 2 aromatic carbocycles. The normalized spacial score (nSPS) is 18.1. The van der Waals surface area contributed by atoms with E-state index in [0.29, 0.717) is 17.9 Å². The Bertz CT molecular complexity index is 1070. The quantitative estimate of drug-likeness (QED) is 0.707. The maximum Gasteiger partial charge on any atom is 0.414 e. The fourth-order valence-electron chi connectivity index (χ4n) is 3.81. The summed E-state index contributed by atoms with van der Waals surface area (Å²) in [5.74, 6) is 0. The summed E-state index contributed by atoms with van der Waals surface area (Å²) in [5, 5.41) is 20.3. The van der Waals surface area contributed by atoms with Crippen LogP contribution in [0.5, 0.6) is 0 Å². The van der Waals surface area contributed by atoms with E-state index in [0.717, 1.165) is 17.3 Å². The van der Waals surface area contributed by atoms with Crippen molar-refractivity contribution >= 4 is 39.1 Å². The van der Waals surface area contributed by atoms with Gasteiger partial charge >= 0.3 is 6.09 Å². The van der Waals surface area contributed by atoms with Crippen LogP contribution in [0.1, 0.15) is 18.4 Å². The molecule has 1 saturated heterocycles. The van der Waals surface area contributed by atoms with E-state index in [1.165, 1.54) is 22.5 Å². The maximum atomic E-state index is 12.9. The van der Waals surface area contributed by atoms with Crippen LogP contribution in [0.15, 0.2) is 47.4 Å². The molecule has 0 atom stereocenters. The smallest absolute Gasteiger partial charge is 0.414 e. The van der Waals surface area contributed by atoms with Gasteiger partial charge in [0.05, 0.1) is 16.3 Å². The molecule has 160 valence electrons. The van der Waals surface area contributed by atoms with Crippen LogP contribution in [0, 0.1) is 5.21 Å². The highest BCUT2D eigenvalue weighted by molar-refractivity contribution is 7.89. The summed E-state index contributed by atoms with van der Waals surface area (Å²) >= 11 is 6.03. The van der Waals surface area contributed by atoms with Gasteiger partial charge in [-0.2, -0.15) is 4.31 Å². The summed E-state index contributed by atoms with van der Waals surface area (Å²) in [4.78, 5) is 13.9. The molecule has 2 aliphatic rings. The van der Waals surface area contributed by atoms with Gasteiger partial charge in [0.1, 0.15) is 6.61 Å². The highest BCUT2D eigenvalue weighted by Crippen LogP contribution is 2.34. The van der Waals surface area contributed by atoms with E-state index in [9.17, 15) is 18.4 Å². The van der Waals surface area contributed by atoms with Crippen molar-refractivity contribution in [1.29, 1.82) is 0 Å². The first kappa shape index (κ1) is 20.9. The number of halogens is 1. The third-order valence-electron chi connectivity index (χ3n) is 5.31. The van der Waals surface area contributed by atoms with Gasteiger partial charge in [-0.15, -0.1) is 0 Å². The number of nitrogens with zero attached hydrogens (tertiary/aromatic N) is 3. The number of rotatable bonds is 4. The first-order valence-electron chi connectivity index (χ1n) is 9.28. The standard InChI is InChI=1S/C19H19ClN3O6S/c20-14-4-5-18-13(10-14)12-29-19(24)22(18)15-6-8-21(9-7-15)30(27,28)17-3-1-2-16(11-17)23(25)26/h1-5,10-11,15,25H,6-9,12H2/q-1. The fraction of sp³-hybridized carbons (Fsp3) is 0.316. The van der Waals surface area contributed by atoms with Gasteiger partial charge in [-0.05, 0) is 49.2 Å². The number of sulfonamides is 1. The largest absolute Gasteiger partial charge is 0.733 e.